The van der Waals surface area contributed by atoms with Crippen molar-refractivity contribution in [1.29, 1.82) is 0 Å². The molecule has 0 radical (unpaired) electrons. The number of aliphatic hydroxyl groups is 1. The van der Waals surface area contributed by atoms with Crippen LogP contribution in [0, 0.1) is 11.8 Å². The Balaban J connectivity index is 1.79. The maximum Gasteiger partial charge on any atom is 0.0680 e. The summed E-state index contributed by atoms with van der Waals surface area (Å²) in [6.07, 6.45) is 6.29. The lowest BCUT2D eigenvalue weighted by Gasteiger charge is -2.27. The van der Waals surface area contributed by atoms with Gasteiger partial charge in [0.2, 0.25) is 0 Å². The van der Waals surface area contributed by atoms with Crippen molar-refractivity contribution in [2.45, 2.75) is 44.6 Å². The van der Waals surface area contributed by atoms with Crippen LogP contribution in [-0.4, -0.2) is 10.7 Å². The highest BCUT2D eigenvalue weighted by Crippen LogP contribution is 2.50. The lowest BCUT2D eigenvalue weighted by atomic mass is 9.80. The van der Waals surface area contributed by atoms with E-state index in [1.807, 2.05) is 0 Å². The van der Waals surface area contributed by atoms with E-state index in [2.05, 4.69) is 6.92 Å². The molecule has 2 saturated carbocycles. The van der Waals surface area contributed by atoms with E-state index in [4.69, 9.17) is 0 Å². The molecule has 1 N–H and O–H groups in total. The van der Waals surface area contributed by atoms with Gasteiger partial charge in [-0.05, 0) is 24.7 Å². The van der Waals surface area contributed by atoms with E-state index < -0.39 is 0 Å². The second kappa shape index (κ2) is 1.97. The Kier molecular flexibility index (Phi) is 1.31. The molecule has 0 aliphatic heterocycles. The Hall–Kier alpha value is -0.0400. The van der Waals surface area contributed by atoms with E-state index in [1.54, 1.807) is 0 Å². The minimum Gasteiger partial charge on any atom is -0.390 e. The Bertz CT molecular complexity index is 140. The van der Waals surface area contributed by atoms with Crippen LogP contribution < -0.4 is 0 Å². The van der Waals surface area contributed by atoms with Crippen LogP contribution in [-0.2, 0) is 0 Å². The third-order valence-electron chi connectivity index (χ3n) is 3.28. The van der Waals surface area contributed by atoms with Crippen molar-refractivity contribution in [3.8, 4) is 0 Å². The molecule has 0 spiro atoms. The highest BCUT2D eigenvalue weighted by molar-refractivity contribution is 5.02. The van der Waals surface area contributed by atoms with Gasteiger partial charge in [0.15, 0.2) is 0 Å². The van der Waals surface area contributed by atoms with Crippen molar-refractivity contribution in [2.24, 2.45) is 11.8 Å². The fraction of sp³-hybridized carbons (Fsp3) is 1.00. The van der Waals surface area contributed by atoms with E-state index in [-0.39, 0.29) is 5.60 Å². The van der Waals surface area contributed by atoms with Gasteiger partial charge in [-0.2, -0.15) is 0 Å². The molecule has 2 aliphatic carbocycles. The molecule has 2 unspecified atom stereocenters. The molecule has 0 saturated heterocycles. The summed E-state index contributed by atoms with van der Waals surface area (Å²) < 4.78 is 0. The molecule has 0 bridgehead atoms. The minimum absolute atomic E-state index is 0.217. The second-order valence-corrected chi connectivity index (χ2v) is 4.21. The Morgan fingerprint density at radius 2 is 2.10 bits per heavy atom. The molecule has 0 heterocycles. The Morgan fingerprint density at radius 1 is 1.50 bits per heavy atom. The van der Waals surface area contributed by atoms with Gasteiger partial charge in [0.25, 0.3) is 0 Å². The van der Waals surface area contributed by atoms with E-state index >= 15 is 0 Å². The molecule has 0 amide bonds. The molecule has 1 nitrogen and oxygen atoms in total. The highest BCUT2D eigenvalue weighted by Gasteiger charge is 2.50. The predicted molar refractivity (Wildman–Crippen MR) is 40.7 cm³/mol. The molecule has 2 rings (SSSR count). The van der Waals surface area contributed by atoms with Crippen molar-refractivity contribution in [3.05, 3.63) is 0 Å². The maximum atomic E-state index is 9.73. The molecule has 0 aromatic heterocycles. The molecular weight excluding hydrogens is 124 g/mol. The van der Waals surface area contributed by atoms with Gasteiger partial charge in [0.1, 0.15) is 0 Å². The van der Waals surface area contributed by atoms with Crippen LogP contribution in [0.1, 0.15) is 39.0 Å². The number of hydrogen-bond acceptors (Lipinski definition) is 1. The van der Waals surface area contributed by atoms with Crippen LogP contribution in [0.5, 0.6) is 0 Å². The van der Waals surface area contributed by atoms with E-state index in [0.29, 0.717) is 5.92 Å². The fourth-order valence-electron chi connectivity index (χ4n) is 1.95. The first-order chi connectivity index (χ1) is 4.71. The van der Waals surface area contributed by atoms with Gasteiger partial charge in [-0.25, -0.2) is 0 Å². The summed E-state index contributed by atoms with van der Waals surface area (Å²) in [5.74, 6) is 1.46. The molecule has 2 atom stereocenters. The van der Waals surface area contributed by atoms with Crippen molar-refractivity contribution in [3.63, 3.8) is 0 Å². The van der Waals surface area contributed by atoms with Gasteiger partial charge in [-0.3, -0.25) is 0 Å². The molecular formula is C9H16O. The summed E-state index contributed by atoms with van der Waals surface area (Å²) in [7, 11) is 0. The SMILES string of the molecule is CC1CC1(O)CC1CCC1. The van der Waals surface area contributed by atoms with Crippen LogP contribution >= 0.6 is 0 Å². The van der Waals surface area contributed by atoms with Gasteiger partial charge in [0, 0.05) is 0 Å². The minimum atomic E-state index is -0.217. The van der Waals surface area contributed by atoms with Gasteiger partial charge < -0.3 is 5.11 Å². The van der Waals surface area contributed by atoms with Crippen LogP contribution in [0.25, 0.3) is 0 Å². The van der Waals surface area contributed by atoms with Crippen LogP contribution in [0.3, 0.4) is 0 Å². The summed E-state index contributed by atoms with van der Waals surface area (Å²) in [4.78, 5) is 0. The molecule has 2 fully saturated rings. The highest BCUT2D eigenvalue weighted by atomic mass is 16.3. The van der Waals surface area contributed by atoms with Crippen LogP contribution in [0.4, 0.5) is 0 Å². The first kappa shape index (κ1) is 6.66. The molecule has 2 aliphatic rings. The van der Waals surface area contributed by atoms with Gasteiger partial charge in [-0.1, -0.05) is 26.2 Å². The van der Waals surface area contributed by atoms with Gasteiger partial charge in [0.05, 0.1) is 5.60 Å². The average molecular weight is 140 g/mol. The molecule has 0 aromatic carbocycles. The van der Waals surface area contributed by atoms with Crippen LogP contribution in [0.15, 0.2) is 0 Å². The fourth-order valence-corrected chi connectivity index (χ4v) is 1.95. The maximum absolute atomic E-state index is 9.73. The third-order valence-corrected chi connectivity index (χ3v) is 3.28. The summed E-state index contributed by atoms with van der Waals surface area (Å²) in [5, 5.41) is 9.73. The predicted octanol–water partition coefficient (Wildman–Crippen LogP) is 1.95. The first-order valence-electron chi connectivity index (χ1n) is 4.43. The lowest BCUT2D eigenvalue weighted by molar-refractivity contribution is 0.0830. The Labute approximate surface area is 62.4 Å². The van der Waals surface area contributed by atoms with Crippen molar-refractivity contribution < 1.29 is 5.11 Å². The summed E-state index contributed by atoms with van der Waals surface area (Å²) in [5.41, 5.74) is -0.217. The quantitative estimate of drug-likeness (QED) is 0.621. The van der Waals surface area contributed by atoms with Gasteiger partial charge in [-0.15, -0.1) is 0 Å². The number of rotatable bonds is 2. The van der Waals surface area contributed by atoms with Crippen molar-refractivity contribution in [1.82, 2.24) is 0 Å². The third kappa shape index (κ3) is 0.968. The molecule has 10 heavy (non-hydrogen) atoms. The lowest BCUT2D eigenvalue weighted by Crippen LogP contribution is -2.21. The Morgan fingerprint density at radius 3 is 2.40 bits per heavy atom. The van der Waals surface area contributed by atoms with E-state index in [0.717, 1.165) is 18.8 Å². The van der Waals surface area contributed by atoms with Crippen molar-refractivity contribution in [2.75, 3.05) is 0 Å². The van der Waals surface area contributed by atoms with Gasteiger partial charge >= 0.3 is 0 Å². The zero-order valence-corrected chi connectivity index (χ0v) is 6.64. The van der Waals surface area contributed by atoms with E-state index in [1.165, 1.54) is 19.3 Å². The van der Waals surface area contributed by atoms with Crippen molar-refractivity contribution >= 4 is 0 Å². The smallest absolute Gasteiger partial charge is 0.0680 e. The molecule has 58 valence electrons. The first-order valence-corrected chi connectivity index (χ1v) is 4.43. The summed E-state index contributed by atoms with van der Waals surface area (Å²) in [6, 6.07) is 0. The topological polar surface area (TPSA) is 20.2 Å². The molecule has 1 heteroatoms. The monoisotopic (exact) mass is 140 g/mol. The summed E-state index contributed by atoms with van der Waals surface area (Å²) in [6.45, 7) is 2.15. The summed E-state index contributed by atoms with van der Waals surface area (Å²) >= 11 is 0. The largest absolute Gasteiger partial charge is 0.390 e. The zero-order chi connectivity index (χ0) is 7.19. The standard InChI is InChI=1S/C9H16O/c1-7-5-9(7,10)6-8-3-2-4-8/h7-8,10H,2-6H2,1H3. The van der Waals surface area contributed by atoms with E-state index in [9.17, 15) is 5.11 Å². The molecule has 0 aromatic rings. The average Bonchev–Trinajstić information content (AvgIpc) is 2.32. The second-order valence-electron chi connectivity index (χ2n) is 4.21. The van der Waals surface area contributed by atoms with Crippen LogP contribution in [0.2, 0.25) is 0 Å². The zero-order valence-electron chi connectivity index (χ0n) is 6.64. The number of hydrogen-bond donors (Lipinski definition) is 1. The normalized spacial score (nSPS) is 46.8.